The molecule has 5 aromatic rings. The minimum Gasteiger partial charge on any atom is -0.354 e. The Labute approximate surface area is 219 Å². The minimum atomic E-state index is 0.0617. The van der Waals surface area contributed by atoms with E-state index in [0.717, 1.165) is 65.3 Å². The fourth-order valence-corrected chi connectivity index (χ4v) is 5.03. The maximum atomic E-state index is 12.4. The van der Waals surface area contributed by atoms with Gasteiger partial charge in [0.05, 0.1) is 23.5 Å². The van der Waals surface area contributed by atoms with Crippen molar-refractivity contribution in [2.24, 2.45) is 14.1 Å². The minimum absolute atomic E-state index is 0.0617. The van der Waals surface area contributed by atoms with E-state index in [1.807, 2.05) is 50.0 Å². The Hall–Kier alpha value is -4.75. The predicted molar refractivity (Wildman–Crippen MR) is 145 cm³/mol. The molecule has 6 rings (SSSR count). The molecule has 38 heavy (non-hydrogen) atoms. The van der Waals surface area contributed by atoms with Gasteiger partial charge in [0.25, 0.3) is 5.56 Å². The lowest BCUT2D eigenvalue weighted by Gasteiger charge is -2.35. The zero-order valence-electron chi connectivity index (χ0n) is 21.3. The van der Waals surface area contributed by atoms with Crippen LogP contribution in [0.15, 0.2) is 72.3 Å². The lowest BCUT2D eigenvalue weighted by Crippen LogP contribution is -2.46. The van der Waals surface area contributed by atoms with Gasteiger partial charge in [-0.3, -0.25) is 14.4 Å². The van der Waals surface area contributed by atoms with Gasteiger partial charge in [0.15, 0.2) is 0 Å². The average molecular weight is 506 g/mol. The van der Waals surface area contributed by atoms with Crippen molar-refractivity contribution in [2.45, 2.75) is 6.54 Å². The molecule has 1 aliphatic heterocycles. The SMILES string of the molecule is Cn1cc(-c2cc(-c3ccc(N4CCN(Cc5cccn(C)c5=O)CC4)nc3)c3c(C#N)cnn3c2)cn1. The Morgan fingerprint density at radius 3 is 2.50 bits per heavy atom. The molecule has 0 spiro atoms. The molecule has 0 bridgehead atoms. The molecule has 0 radical (unpaired) electrons. The highest BCUT2D eigenvalue weighted by Gasteiger charge is 2.20. The number of nitriles is 1. The molecule has 190 valence electrons. The molecular formula is C28H27N9O. The van der Waals surface area contributed by atoms with Crippen molar-refractivity contribution in [3.63, 3.8) is 0 Å². The number of aromatic nitrogens is 6. The van der Waals surface area contributed by atoms with Gasteiger partial charge in [0, 0.05) is 99.4 Å². The quantitative estimate of drug-likeness (QED) is 0.362. The number of aryl methyl sites for hydroxylation is 2. The van der Waals surface area contributed by atoms with E-state index in [9.17, 15) is 10.1 Å². The van der Waals surface area contributed by atoms with Gasteiger partial charge in [-0.25, -0.2) is 9.50 Å². The van der Waals surface area contributed by atoms with Gasteiger partial charge in [-0.1, -0.05) is 6.07 Å². The highest BCUT2D eigenvalue weighted by Crippen LogP contribution is 2.32. The first-order valence-electron chi connectivity index (χ1n) is 12.5. The summed E-state index contributed by atoms with van der Waals surface area (Å²) < 4.78 is 5.14. The smallest absolute Gasteiger partial charge is 0.254 e. The van der Waals surface area contributed by atoms with Gasteiger partial charge < -0.3 is 9.47 Å². The number of nitrogens with zero attached hydrogens (tertiary/aromatic N) is 9. The van der Waals surface area contributed by atoms with Crippen molar-refractivity contribution in [3.05, 3.63) is 89.0 Å². The summed E-state index contributed by atoms with van der Waals surface area (Å²) in [7, 11) is 3.67. The van der Waals surface area contributed by atoms with Crippen LogP contribution in [0.2, 0.25) is 0 Å². The van der Waals surface area contributed by atoms with Crippen LogP contribution in [0.5, 0.6) is 0 Å². The van der Waals surface area contributed by atoms with E-state index in [0.29, 0.717) is 12.1 Å². The summed E-state index contributed by atoms with van der Waals surface area (Å²) in [6, 6.07) is 12.2. The summed E-state index contributed by atoms with van der Waals surface area (Å²) in [4.78, 5) is 21.7. The highest BCUT2D eigenvalue weighted by molar-refractivity contribution is 5.87. The standard InChI is InChI=1S/C28H27N9O/c1-33-7-3-4-21(28(33)38)18-35-8-10-36(11-9-35)26-6-5-20(14-30-26)25-12-22(24-16-31-34(2)17-24)19-37-27(25)23(13-29)15-32-37/h3-7,12,14-17,19H,8-11,18H2,1-2H3. The van der Waals surface area contributed by atoms with Crippen LogP contribution in [-0.2, 0) is 20.6 Å². The van der Waals surface area contributed by atoms with E-state index in [4.69, 9.17) is 4.98 Å². The number of hydrogen-bond donors (Lipinski definition) is 0. The lowest BCUT2D eigenvalue weighted by molar-refractivity contribution is 0.248. The summed E-state index contributed by atoms with van der Waals surface area (Å²) in [5.41, 5.74) is 5.91. The monoisotopic (exact) mass is 505 g/mol. The Bertz CT molecular complexity index is 1710. The topological polar surface area (TPSA) is 100 Å². The first-order chi connectivity index (χ1) is 18.5. The van der Waals surface area contributed by atoms with Gasteiger partial charge in [0.1, 0.15) is 11.9 Å². The van der Waals surface area contributed by atoms with Gasteiger partial charge in [0.2, 0.25) is 0 Å². The third-order valence-corrected chi connectivity index (χ3v) is 7.12. The molecule has 0 aromatic carbocycles. The van der Waals surface area contributed by atoms with Crippen LogP contribution in [0, 0.1) is 11.3 Å². The van der Waals surface area contributed by atoms with Crippen LogP contribution < -0.4 is 10.5 Å². The number of fused-ring (bicyclic) bond motifs is 1. The zero-order chi connectivity index (χ0) is 26.2. The molecule has 0 amide bonds. The summed E-state index contributed by atoms with van der Waals surface area (Å²) in [5.74, 6) is 0.914. The van der Waals surface area contributed by atoms with E-state index < -0.39 is 0 Å². The number of piperazine rings is 1. The van der Waals surface area contributed by atoms with Crippen molar-refractivity contribution in [2.75, 3.05) is 31.1 Å². The number of pyridine rings is 3. The van der Waals surface area contributed by atoms with Gasteiger partial charge >= 0.3 is 0 Å². The molecule has 10 nitrogen and oxygen atoms in total. The second-order valence-corrected chi connectivity index (χ2v) is 9.63. The van der Waals surface area contributed by atoms with Crippen molar-refractivity contribution in [1.29, 1.82) is 5.26 Å². The Morgan fingerprint density at radius 2 is 1.79 bits per heavy atom. The van der Waals surface area contributed by atoms with E-state index in [-0.39, 0.29) is 5.56 Å². The summed E-state index contributed by atoms with van der Waals surface area (Å²) >= 11 is 0. The zero-order valence-corrected chi connectivity index (χ0v) is 21.3. The molecule has 0 N–H and O–H groups in total. The highest BCUT2D eigenvalue weighted by atomic mass is 16.1. The van der Waals surface area contributed by atoms with Crippen LogP contribution in [0.25, 0.3) is 27.8 Å². The summed E-state index contributed by atoms with van der Waals surface area (Å²) in [6.07, 6.45) is 10.9. The van der Waals surface area contributed by atoms with Crippen molar-refractivity contribution >= 4 is 11.3 Å². The first kappa shape index (κ1) is 23.6. The fraction of sp³-hybridized carbons (Fsp3) is 0.250. The largest absolute Gasteiger partial charge is 0.354 e. The molecule has 0 aliphatic carbocycles. The molecule has 1 fully saturated rings. The van der Waals surface area contributed by atoms with Crippen LogP contribution >= 0.6 is 0 Å². The normalized spacial score (nSPS) is 14.2. The maximum absolute atomic E-state index is 12.4. The molecule has 1 aliphatic rings. The van der Waals surface area contributed by atoms with Gasteiger partial charge in [-0.2, -0.15) is 15.5 Å². The second kappa shape index (κ2) is 9.61. The van der Waals surface area contributed by atoms with Crippen molar-refractivity contribution in [3.8, 4) is 28.3 Å². The van der Waals surface area contributed by atoms with Gasteiger partial charge in [-0.05, 0) is 24.3 Å². The predicted octanol–water partition coefficient (Wildman–Crippen LogP) is 2.69. The molecule has 0 atom stereocenters. The molecule has 0 saturated carbocycles. The van der Waals surface area contributed by atoms with Crippen LogP contribution in [0.4, 0.5) is 5.82 Å². The van der Waals surface area contributed by atoms with Crippen molar-refractivity contribution < 1.29 is 0 Å². The Morgan fingerprint density at radius 1 is 0.947 bits per heavy atom. The Balaban J connectivity index is 1.23. The Kier molecular flexibility index (Phi) is 5.98. The molecule has 6 heterocycles. The van der Waals surface area contributed by atoms with E-state index in [2.05, 4.69) is 38.2 Å². The second-order valence-electron chi connectivity index (χ2n) is 9.63. The van der Waals surface area contributed by atoms with Gasteiger partial charge in [-0.15, -0.1) is 0 Å². The molecule has 1 saturated heterocycles. The van der Waals surface area contributed by atoms with E-state index >= 15 is 0 Å². The maximum Gasteiger partial charge on any atom is 0.254 e. The third-order valence-electron chi connectivity index (χ3n) is 7.12. The first-order valence-corrected chi connectivity index (χ1v) is 12.5. The van der Waals surface area contributed by atoms with Crippen LogP contribution in [-0.4, -0.2) is 60.0 Å². The average Bonchev–Trinajstić information content (AvgIpc) is 3.57. The lowest BCUT2D eigenvalue weighted by atomic mass is 10.0. The molecule has 10 heteroatoms. The van der Waals surface area contributed by atoms with Crippen LogP contribution in [0.3, 0.4) is 0 Å². The summed E-state index contributed by atoms with van der Waals surface area (Å²) in [6.45, 7) is 4.04. The van der Waals surface area contributed by atoms with Crippen molar-refractivity contribution in [1.82, 2.24) is 33.8 Å². The summed E-state index contributed by atoms with van der Waals surface area (Å²) in [5, 5.41) is 18.4. The molecule has 5 aromatic heterocycles. The third kappa shape index (κ3) is 4.33. The number of rotatable bonds is 5. The molecule has 0 unspecified atom stereocenters. The fourth-order valence-electron chi connectivity index (χ4n) is 5.03. The molecular weight excluding hydrogens is 478 g/mol. The van der Waals surface area contributed by atoms with E-state index in [1.165, 1.54) is 0 Å². The number of hydrogen-bond acceptors (Lipinski definition) is 7. The number of anilines is 1. The van der Waals surface area contributed by atoms with E-state index in [1.54, 1.807) is 33.2 Å². The van der Waals surface area contributed by atoms with Crippen LogP contribution in [0.1, 0.15) is 11.1 Å².